The highest BCUT2D eigenvalue weighted by Crippen LogP contribution is 2.45. The van der Waals surface area contributed by atoms with Crippen molar-refractivity contribution in [3.63, 3.8) is 0 Å². The van der Waals surface area contributed by atoms with Crippen LogP contribution in [0.3, 0.4) is 0 Å². The molecule has 0 saturated heterocycles. The normalized spacial score (nSPS) is 13.6. The minimum Gasteiger partial charge on any atom is -0.295 e. The minimum atomic E-state index is -5.27. The number of amides is 1. The van der Waals surface area contributed by atoms with Crippen LogP contribution in [0.25, 0.3) is 5.83 Å². The Morgan fingerprint density at radius 1 is 0.860 bits per heavy atom. The molecule has 0 aliphatic rings. The summed E-state index contributed by atoms with van der Waals surface area (Å²) in [6.07, 6.45) is -9.38. The van der Waals surface area contributed by atoms with Gasteiger partial charge in [0.25, 0.3) is 5.91 Å². The molecule has 1 aromatic heterocycles. The van der Waals surface area contributed by atoms with Gasteiger partial charge in [-0.1, -0.05) is 98.9 Å². The summed E-state index contributed by atoms with van der Waals surface area (Å²) in [6.45, 7) is 0. The first-order valence-electron chi connectivity index (χ1n) is 10.9. The SMILES string of the molecule is O=C(NNc1c(Cl)cnc(C(Cl)(Cl)Cl)c1Cl)c1ccc(/C(F)=C/C(c2cc(Cl)c(Cl)c(Cl)c2)C(F)(F)F)cc1C(F)(F)F. The van der Waals surface area contributed by atoms with Crippen molar-refractivity contribution in [3.8, 4) is 0 Å². The molecule has 4 nitrogen and oxygen atoms in total. The molecule has 43 heavy (non-hydrogen) atoms. The molecule has 1 unspecified atom stereocenters. The van der Waals surface area contributed by atoms with E-state index in [1.807, 2.05) is 5.43 Å². The molecule has 0 bridgehead atoms. The van der Waals surface area contributed by atoms with Crippen LogP contribution >= 0.6 is 92.8 Å². The molecule has 0 radical (unpaired) electrons. The number of aromatic nitrogens is 1. The van der Waals surface area contributed by atoms with E-state index in [0.717, 1.165) is 18.3 Å². The molecule has 3 aromatic rings. The van der Waals surface area contributed by atoms with E-state index in [0.29, 0.717) is 12.1 Å². The number of alkyl halides is 9. The predicted octanol–water partition coefficient (Wildman–Crippen LogP) is 11.6. The summed E-state index contributed by atoms with van der Waals surface area (Å²) >= 11 is 46.7. The molecule has 19 heteroatoms. The molecule has 0 aliphatic heterocycles. The van der Waals surface area contributed by atoms with Crippen LogP contribution in [0.5, 0.6) is 0 Å². The average Bonchev–Trinajstić information content (AvgIpc) is 2.87. The topological polar surface area (TPSA) is 54.0 Å². The summed E-state index contributed by atoms with van der Waals surface area (Å²) in [4.78, 5) is 16.5. The zero-order chi connectivity index (χ0) is 32.7. The zero-order valence-electron chi connectivity index (χ0n) is 20.1. The summed E-state index contributed by atoms with van der Waals surface area (Å²) in [5.41, 5.74) is -0.821. The van der Waals surface area contributed by atoms with Crippen molar-refractivity contribution in [3.05, 3.63) is 95.7 Å². The lowest BCUT2D eigenvalue weighted by Gasteiger charge is -2.19. The fourth-order valence-electron chi connectivity index (χ4n) is 3.47. The van der Waals surface area contributed by atoms with Crippen molar-refractivity contribution < 1.29 is 35.5 Å². The Hall–Kier alpha value is -1.57. The van der Waals surface area contributed by atoms with Gasteiger partial charge < -0.3 is 0 Å². The van der Waals surface area contributed by atoms with Gasteiger partial charge in [0.2, 0.25) is 3.79 Å². The standard InChI is InChI=1S/C24H10Cl8F7N3O/c25-13-4-9(5-14(26)17(13)28)11(23(34,35)36)6-16(33)8-1-2-10(12(3-8)24(37,38)39)21(43)42-41-19-15(27)7-40-20(18(19)29)22(30,31)32/h1-7,11H,(H,40,41)(H,42,43)/b16-6-. The van der Waals surface area contributed by atoms with Crippen LogP contribution in [-0.2, 0) is 9.97 Å². The monoisotopic (exact) mass is 769 g/mol. The lowest BCUT2D eigenvalue weighted by Crippen LogP contribution is -2.31. The lowest BCUT2D eigenvalue weighted by atomic mass is 9.95. The first kappa shape index (κ1) is 35.9. The molecular formula is C24H10Cl8F7N3O. The summed E-state index contributed by atoms with van der Waals surface area (Å²) in [5.74, 6) is -5.82. The van der Waals surface area contributed by atoms with E-state index in [9.17, 15) is 31.1 Å². The van der Waals surface area contributed by atoms with Crippen molar-refractivity contribution in [2.75, 3.05) is 5.43 Å². The molecular weight excluding hydrogens is 763 g/mol. The van der Waals surface area contributed by atoms with Gasteiger partial charge in [-0.2, -0.15) is 26.3 Å². The number of carbonyl (C=O) groups is 1. The van der Waals surface area contributed by atoms with Gasteiger partial charge in [0.05, 0.1) is 41.9 Å². The molecule has 1 heterocycles. The summed E-state index contributed by atoms with van der Waals surface area (Å²) in [7, 11) is 0. The second-order valence-corrected chi connectivity index (χ2v) is 12.6. The van der Waals surface area contributed by atoms with Crippen LogP contribution in [0.2, 0.25) is 25.1 Å². The van der Waals surface area contributed by atoms with Crippen molar-refractivity contribution >= 4 is 110 Å². The van der Waals surface area contributed by atoms with E-state index >= 15 is 4.39 Å². The van der Waals surface area contributed by atoms with Crippen molar-refractivity contribution in [2.45, 2.75) is 22.1 Å². The van der Waals surface area contributed by atoms with Crippen molar-refractivity contribution in [1.82, 2.24) is 10.4 Å². The third-order valence-corrected chi connectivity index (χ3v) is 7.81. The van der Waals surface area contributed by atoms with Gasteiger partial charge in [-0.05, 0) is 35.9 Å². The van der Waals surface area contributed by atoms with Crippen molar-refractivity contribution in [1.29, 1.82) is 0 Å². The smallest absolute Gasteiger partial charge is 0.295 e. The first-order chi connectivity index (χ1) is 19.6. The zero-order valence-corrected chi connectivity index (χ0v) is 26.2. The largest absolute Gasteiger partial charge is 0.417 e. The van der Waals surface area contributed by atoms with E-state index in [2.05, 4.69) is 10.4 Å². The van der Waals surface area contributed by atoms with Gasteiger partial charge in [0, 0.05) is 11.8 Å². The van der Waals surface area contributed by atoms with Gasteiger partial charge in [-0.15, -0.1) is 0 Å². The predicted molar refractivity (Wildman–Crippen MR) is 155 cm³/mol. The summed E-state index contributed by atoms with van der Waals surface area (Å²) in [5, 5.41) is -1.62. The first-order valence-corrected chi connectivity index (χ1v) is 13.9. The number of hydrogen-bond acceptors (Lipinski definition) is 3. The third-order valence-electron chi connectivity index (χ3n) is 5.42. The second-order valence-electron chi connectivity index (χ2n) is 8.31. The number of rotatable bonds is 6. The van der Waals surface area contributed by atoms with Gasteiger partial charge in [-0.25, -0.2) is 4.39 Å². The van der Waals surface area contributed by atoms with E-state index in [1.165, 1.54) is 0 Å². The number of nitrogens with zero attached hydrogens (tertiary/aromatic N) is 1. The van der Waals surface area contributed by atoms with Gasteiger partial charge in [0.15, 0.2) is 0 Å². The second kappa shape index (κ2) is 13.4. The number of anilines is 1. The minimum absolute atomic E-state index is 0.0301. The lowest BCUT2D eigenvalue weighted by molar-refractivity contribution is -0.140. The highest BCUT2D eigenvalue weighted by atomic mass is 35.6. The van der Waals surface area contributed by atoms with E-state index in [-0.39, 0.29) is 43.6 Å². The maximum absolute atomic E-state index is 15.1. The quantitative estimate of drug-likeness (QED) is 0.114. The fraction of sp³-hybridized carbons (Fsp3) is 0.167. The van der Waals surface area contributed by atoms with Crippen molar-refractivity contribution in [2.24, 2.45) is 0 Å². The molecule has 232 valence electrons. The fourth-order valence-corrected chi connectivity index (χ4v) is 5.23. The van der Waals surface area contributed by atoms with Crippen LogP contribution in [0.4, 0.5) is 36.4 Å². The highest BCUT2D eigenvalue weighted by Gasteiger charge is 2.41. The Morgan fingerprint density at radius 2 is 1.44 bits per heavy atom. The van der Waals surface area contributed by atoms with E-state index in [1.54, 1.807) is 0 Å². The van der Waals surface area contributed by atoms with Crippen LogP contribution in [0, 0.1) is 0 Å². The number of halogens is 15. The Morgan fingerprint density at radius 3 is 1.95 bits per heavy atom. The summed E-state index contributed by atoms with van der Waals surface area (Å²) < 4.78 is 96.2. The summed E-state index contributed by atoms with van der Waals surface area (Å²) in [6, 6.07) is 2.94. The number of allylic oxidation sites excluding steroid dienone is 1. The van der Waals surface area contributed by atoms with Gasteiger partial charge in [0.1, 0.15) is 17.4 Å². The Kier molecular flexibility index (Phi) is 11.2. The number of benzene rings is 2. The number of nitrogens with one attached hydrogen (secondary N) is 2. The maximum atomic E-state index is 15.1. The Labute approximate surface area is 277 Å². The number of hydrazine groups is 1. The van der Waals surface area contributed by atoms with E-state index in [4.69, 9.17) is 92.8 Å². The van der Waals surface area contributed by atoms with Gasteiger partial charge in [-0.3, -0.25) is 20.6 Å². The molecule has 1 amide bonds. The molecule has 0 saturated carbocycles. The Bertz CT molecular complexity index is 1570. The molecule has 3 rings (SSSR count). The molecule has 1 atom stereocenters. The number of hydrogen-bond donors (Lipinski definition) is 2. The maximum Gasteiger partial charge on any atom is 0.417 e. The number of pyridine rings is 1. The molecule has 2 N–H and O–H groups in total. The molecule has 0 fully saturated rings. The molecule has 0 aliphatic carbocycles. The van der Waals surface area contributed by atoms with E-state index < -0.39 is 61.1 Å². The van der Waals surface area contributed by atoms with Crippen LogP contribution < -0.4 is 10.9 Å². The van der Waals surface area contributed by atoms with Crippen LogP contribution in [0.15, 0.2) is 42.6 Å². The Balaban J connectivity index is 2.00. The van der Waals surface area contributed by atoms with Gasteiger partial charge >= 0.3 is 12.4 Å². The van der Waals surface area contributed by atoms with Crippen LogP contribution in [-0.4, -0.2) is 17.1 Å². The third kappa shape index (κ3) is 8.58. The number of carbonyl (C=O) groups excluding carboxylic acids is 1. The van der Waals surface area contributed by atoms with Crippen LogP contribution in [0.1, 0.15) is 38.7 Å². The molecule has 2 aromatic carbocycles. The highest BCUT2D eigenvalue weighted by molar-refractivity contribution is 6.67. The average molecular weight is 773 g/mol. The molecule has 0 spiro atoms.